The first-order valence-corrected chi connectivity index (χ1v) is 8.07. The van der Waals surface area contributed by atoms with Crippen molar-refractivity contribution < 1.29 is 9.53 Å². The third-order valence-electron chi connectivity index (χ3n) is 3.81. The van der Waals surface area contributed by atoms with E-state index in [2.05, 4.69) is 4.57 Å². The minimum atomic E-state index is 0.648. The molecule has 0 fully saturated rings. The molecule has 0 spiro atoms. The van der Waals surface area contributed by atoms with E-state index < -0.39 is 0 Å². The minimum absolute atomic E-state index is 0.648. The molecule has 23 heavy (non-hydrogen) atoms. The number of hydrogen-bond acceptors (Lipinski definition) is 2. The number of para-hydroxylation sites is 1. The molecule has 0 bridgehead atoms. The summed E-state index contributed by atoms with van der Waals surface area (Å²) in [5.74, 6) is 0.900. The lowest BCUT2D eigenvalue weighted by atomic mass is 10.2. The van der Waals surface area contributed by atoms with Crippen LogP contribution < -0.4 is 4.74 Å². The smallest absolute Gasteiger partial charge is 0.152 e. The molecule has 2 aromatic carbocycles. The highest BCUT2D eigenvalue weighted by Gasteiger charge is 2.08. The molecule has 1 aromatic heterocycles. The van der Waals surface area contributed by atoms with E-state index in [9.17, 15) is 4.79 Å². The summed E-state index contributed by atoms with van der Waals surface area (Å²) in [6.07, 6.45) is 4.72. The first-order chi connectivity index (χ1) is 11.3. The van der Waals surface area contributed by atoms with Crippen molar-refractivity contribution in [2.75, 3.05) is 6.61 Å². The molecule has 3 nitrogen and oxygen atoms in total. The maximum absolute atomic E-state index is 11.2. The first kappa shape index (κ1) is 15.6. The van der Waals surface area contributed by atoms with Gasteiger partial charge in [0.25, 0.3) is 0 Å². The second kappa shape index (κ2) is 7.34. The number of aromatic nitrogens is 1. The van der Waals surface area contributed by atoms with Crippen LogP contribution in [0.25, 0.3) is 10.9 Å². The largest absolute Gasteiger partial charge is 0.494 e. The van der Waals surface area contributed by atoms with Crippen molar-refractivity contribution in [1.82, 2.24) is 4.57 Å². The number of aryl methyl sites for hydroxylation is 1. The maximum Gasteiger partial charge on any atom is 0.152 e. The lowest BCUT2D eigenvalue weighted by Crippen LogP contribution is -2.01. The third kappa shape index (κ3) is 3.74. The van der Waals surface area contributed by atoms with Crippen LogP contribution >= 0.6 is 11.6 Å². The second-order valence-corrected chi connectivity index (χ2v) is 5.86. The lowest BCUT2D eigenvalue weighted by molar-refractivity contribution is 0.112. The normalized spacial score (nSPS) is 10.8. The van der Waals surface area contributed by atoms with Crippen LogP contribution in [0.15, 0.2) is 54.7 Å². The van der Waals surface area contributed by atoms with Crippen molar-refractivity contribution in [1.29, 1.82) is 0 Å². The van der Waals surface area contributed by atoms with Crippen molar-refractivity contribution in [2.45, 2.75) is 19.4 Å². The van der Waals surface area contributed by atoms with E-state index in [0.29, 0.717) is 17.2 Å². The van der Waals surface area contributed by atoms with Gasteiger partial charge in [-0.05, 0) is 43.2 Å². The third-order valence-corrected chi connectivity index (χ3v) is 4.04. The van der Waals surface area contributed by atoms with E-state index in [4.69, 9.17) is 16.3 Å². The monoisotopic (exact) mass is 327 g/mol. The van der Waals surface area contributed by atoms with E-state index >= 15 is 0 Å². The van der Waals surface area contributed by atoms with Gasteiger partial charge < -0.3 is 9.30 Å². The van der Waals surface area contributed by atoms with Crippen molar-refractivity contribution in [3.8, 4) is 5.75 Å². The van der Waals surface area contributed by atoms with Gasteiger partial charge in [-0.3, -0.25) is 4.79 Å². The van der Waals surface area contributed by atoms with E-state index in [0.717, 1.165) is 42.3 Å². The van der Waals surface area contributed by atoms with Crippen LogP contribution in [-0.2, 0) is 6.54 Å². The quantitative estimate of drug-likeness (QED) is 0.453. The highest BCUT2D eigenvalue weighted by molar-refractivity contribution is 6.31. The minimum Gasteiger partial charge on any atom is -0.494 e. The molecule has 0 radical (unpaired) electrons. The van der Waals surface area contributed by atoms with Gasteiger partial charge >= 0.3 is 0 Å². The molecule has 118 valence electrons. The summed E-state index contributed by atoms with van der Waals surface area (Å²) in [6, 6.07) is 15.5. The average Bonchev–Trinajstić information content (AvgIpc) is 2.92. The number of hydrogen-bond donors (Lipinski definition) is 0. The summed E-state index contributed by atoms with van der Waals surface area (Å²) in [6.45, 7) is 1.54. The van der Waals surface area contributed by atoms with E-state index in [1.807, 2.05) is 54.7 Å². The Labute approximate surface area is 140 Å². The zero-order valence-corrected chi connectivity index (χ0v) is 13.5. The molecule has 0 aliphatic rings. The highest BCUT2D eigenvalue weighted by Crippen LogP contribution is 2.24. The fourth-order valence-electron chi connectivity index (χ4n) is 2.67. The Kier molecular flexibility index (Phi) is 4.99. The number of fused-ring (bicyclic) bond motifs is 1. The number of halogens is 1. The van der Waals surface area contributed by atoms with Gasteiger partial charge in [-0.1, -0.05) is 29.8 Å². The standard InChI is InChI=1S/C19H18ClNO2/c20-16-8-9-19-18(12-16)15(14-22)13-21(19)10-4-5-11-23-17-6-2-1-3-7-17/h1-3,6-9,12-14H,4-5,10-11H2. The molecule has 3 aromatic rings. The van der Waals surface area contributed by atoms with Gasteiger partial charge in [-0.25, -0.2) is 0 Å². The Morgan fingerprint density at radius 3 is 2.70 bits per heavy atom. The highest BCUT2D eigenvalue weighted by atomic mass is 35.5. The molecule has 0 unspecified atom stereocenters. The zero-order valence-electron chi connectivity index (χ0n) is 12.7. The Morgan fingerprint density at radius 1 is 1.09 bits per heavy atom. The number of aldehydes is 1. The summed E-state index contributed by atoms with van der Waals surface area (Å²) >= 11 is 6.02. The molecular weight excluding hydrogens is 310 g/mol. The SMILES string of the molecule is O=Cc1cn(CCCCOc2ccccc2)c2ccc(Cl)cc12. The first-order valence-electron chi connectivity index (χ1n) is 7.69. The van der Waals surface area contributed by atoms with Gasteiger partial charge in [0.1, 0.15) is 5.75 Å². The van der Waals surface area contributed by atoms with Crippen molar-refractivity contribution in [3.05, 3.63) is 65.3 Å². The Balaban J connectivity index is 1.58. The molecule has 0 N–H and O–H groups in total. The molecule has 3 rings (SSSR count). The van der Waals surface area contributed by atoms with Gasteiger partial charge in [-0.15, -0.1) is 0 Å². The van der Waals surface area contributed by atoms with Gasteiger partial charge in [0.05, 0.1) is 6.61 Å². The van der Waals surface area contributed by atoms with Crippen LogP contribution in [0.1, 0.15) is 23.2 Å². The summed E-state index contributed by atoms with van der Waals surface area (Å²) < 4.78 is 7.80. The zero-order chi connectivity index (χ0) is 16.1. The van der Waals surface area contributed by atoms with Crippen molar-refractivity contribution in [2.24, 2.45) is 0 Å². The van der Waals surface area contributed by atoms with Crippen molar-refractivity contribution >= 4 is 28.8 Å². The van der Waals surface area contributed by atoms with Crippen LogP contribution in [0, 0.1) is 0 Å². The molecule has 4 heteroatoms. The average molecular weight is 328 g/mol. The van der Waals surface area contributed by atoms with E-state index in [1.165, 1.54) is 0 Å². The topological polar surface area (TPSA) is 31.2 Å². The molecule has 0 saturated heterocycles. The number of ether oxygens (including phenoxy) is 1. The van der Waals surface area contributed by atoms with Crippen LogP contribution in [0.5, 0.6) is 5.75 Å². The van der Waals surface area contributed by atoms with Crippen molar-refractivity contribution in [3.63, 3.8) is 0 Å². The number of rotatable bonds is 7. The van der Waals surface area contributed by atoms with Crippen LogP contribution in [-0.4, -0.2) is 17.5 Å². The molecule has 0 saturated carbocycles. The number of unbranched alkanes of at least 4 members (excludes halogenated alkanes) is 1. The Hall–Kier alpha value is -2.26. The molecular formula is C19H18ClNO2. The second-order valence-electron chi connectivity index (χ2n) is 5.43. The van der Waals surface area contributed by atoms with Gasteiger partial charge in [0.2, 0.25) is 0 Å². The van der Waals surface area contributed by atoms with Crippen LogP contribution in [0.2, 0.25) is 5.02 Å². The predicted molar refractivity (Wildman–Crippen MR) is 93.5 cm³/mol. The lowest BCUT2D eigenvalue weighted by Gasteiger charge is -2.07. The summed E-state index contributed by atoms with van der Waals surface area (Å²) in [4.78, 5) is 11.2. The molecule has 0 atom stereocenters. The number of carbonyl (C=O) groups is 1. The number of nitrogens with zero attached hydrogens (tertiary/aromatic N) is 1. The number of carbonyl (C=O) groups excluding carboxylic acids is 1. The van der Waals surface area contributed by atoms with Gasteiger partial charge in [0, 0.05) is 34.2 Å². The Morgan fingerprint density at radius 2 is 1.91 bits per heavy atom. The molecule has 1 heterocycles. The predicted octanol–water partition coefficient (Wildman–Crippen LogP) is 4.97. The van der Waals surface area contributed by atoms with Crippen LogP contribution in [0.4, 0.5) is 0 Å². The van der Waals surface area contributed by atoms with Gasteiger partial charge in [0.15, 0.2) is 6.29 Å². The number of benzene rings is 2. The molecule has 0 aliphatic heterocycles. The fraction of sp³-hybridized carbons (Fsp3) is 0.211. The van der Waals surface area contributed by atoms with Gasteiger partial charge in [-0.2, -0.15) is 0 Å². The van der Waals surface area contributed by atoms with E-state index in [1.54, 1.807) is 0 Å². The van der Waals surface area contributed by atoms with Crippen LogP contribution in [0.3, 0.4) is 0 Å². The maximum atomic E-state index is 11.2. The summed E-state index contributed by atoms with van der Waals surface area (Å²) in [5, 5.41) is 1.56. The Bertz CT molecular complexity index is 796. The summed E-state index contributed by atoms with van der Waals surface area (Å²) in [5.41, 5.74) is 1.73. The molecule has 0 amide bonds. The fourth-order valence-corrected chi connectivity index (χ4v) is 2.84. The molecule has 0 aliphatic carbocycles. The summed E-state index contributed by atoms with van der Waals surface area (Å²) in [7, 11) is 0. The van der Waals surface area contributed by atoms with E-state index in [-0.39, 0.29) is 0 Å².